The van der Waals surface area contributed by atoms with Crippen molar-refractivity contribution in [3.63, 3.8) is 0 Å². The average Bonchev–Trinajstić information content (AvgIpc) is 3.78. The maximum Gasteiger partial charge on any atom is 0.0644 e. The number of nitrogens with zero attached hydrogens (tertiary/aromatic N) is 3. The summed E-state index contributed by atoms with van der Waals surface area (Å²) in [5.41, 5.74) is 11.5. The Balaban J connectivity index is 1.04. The number of rotatable bonds is 6. The third-order valence-corrected chi connectivity index (χ3v) is 12.0. The molecule has 0 amide bonds. The van der Waals surface area contributed by atoms with Crippen LogP contribution in [0.1, 0.15) is 0 Å². The first-order chi connectivity index (χ1) is 27.2. The highest BCUT2D eigenvalue weighted by atomic mass is 32.1. The zero-order valence-electron chi connectivity index (χ0n) is 29.8. The molecule has 3 nitrogen and oxygen atoms in total. The first-order valence-corrected chi connectivity index (χ1v) is 19.4. The van der Waals surface area contributed by atoms with Crippen molar-refractivity contribution in [2.24, 2.45) is 0 Å². The molecule has 55 heavy (non-hydrogen) atoms. The SMILES string of the molecule is c1ccc(-c2ccc(N(c3ccc(-c4ccc5c6cc7ccccc7cc6n(-c6ccc7sc8ccccc8c7c6)c5c4)cc3)c3cccnc3)cc2)cc1. The third kappa shape index (κ3) is 5.38. The molecule has 0 aliphatic carbocycles. The van der Waals surface area contributed by atoms with Gasteiger partial charge in [-0.1, -0.05) is 109 Å². The lowest BCUT2D eigenvalue weighted by Crippen LogP contribution is -2.10. The molecule has 0 spiro atoms. The average molecular weight is 720 g/mol. The van der Waals surface area contributed by atoms with E-state index >= 15 is 0 Å². The Morgan fingerprint density at radius 2 is 1.04 bits per heavy atom. The Hall–Kier alpha value is -7.01. The van der Waals surface area contributed by atoms with Crippen LogP contribution in [0.3, 0.4) is 0 Å². The van der Waals surface area contributed by atoms with Gasteiger partial charge in [0, 0.05) is 54.2 Å². The van der Waals surface area contributed by atoms with E-state index in [-0.39, 0.29) is 0 Å². The maximum absolute atomic E-state index is 4.47. The van der Waals surface area contributed by atoms with Crippen LogP contribution >= 0.6 is 11.3 Å². The molecule has 0 radical (unpaired) electrons. The molecular weight excluding hydrogens is 687 g/mol. The van der Waals surface area contributed by atoms with Crippen LogP contribution in [-0.4, -0.2) is 9.55 Å². The summed E-state index contributed by atoms with van der Waals surface area (Å²) in [4.78, 5) is 6.74. The summed E-state index contributed by atoms with van der Waals surface area (Å²) in [6.45, 7) is 0. The molecule has 0 saturated heterocycles. The van der Waals surface area contributed by atoms with Gasteiger partial charge in [-0.25, -0.2) is 0 Å². The molecule has 0 unspecified atom stereocenters. The molecule has 3 aromatic heterocycles. The third-order valence-electron chi connectivity index (χ3n) is 10.8. The second-order valence-electron chi connectivity index (χ2n) is 14.1. The predicted octanol–water partition coefficient (Wildman–Crippen LogP) is 14.5. The van der Waals surface area contributed by atoms with Crippen molar-refractivity contribution in [2.75, 3.05) is 4.90 Å². The van der Waals surface area contributed by atoms with E-state index in [0.29, 0.717) is 0 Å². The molecule has 0 N–H and O–H groups in total. The van der Waals surface area contributed by atoms with Crippen LogP contribution < -0.4 is 4.90 Å². The van der Waals surface area contributed by atoms with Crippen LogP contribution in [0.15, 0.2) is 200 Å². The summed E-state index contributed by atoms with van der Waals surface area (Å²) in [7, 11) is 0. The fourth-order valence-electron chi connectivity index (χ4n) is 8.18. The van der Waals surface area contributed by atoms with E-state index in [2.05, 4.69) is 196 Å². The number of hydrogen-bond acceptors (Lipinski definition) is 3. The van der Waals surface area contributed by atoms with Crippen molar-refractivity contribution in [3.05, 3.63) is 200 Å². The lowest BCUT2D eigenvalue weighted by molar-refractivity contribution is 1.19. The van der Waals surface area contributed by atoms with Crippen molar-refractivity contribution in [2.45, 2.75) is 0 Å². The highest BCUT2D eigenvalue weighted by Crippen LogP contribution is 2.41. The van der Waals surface area contributed by atoms with E-state index < -0.39 is 0 Å². The lowest BCUT2D eigenvalue weighted by Gasteiger charge is -2.25. The summed E-state index contributed by atoms with van der Waals surface area (Å²) >= 11 is 1.86. The second kappa shape index (κ2) is 12.8. The van der Waals surface area contributed by atoms with Crippen LogP contribution in [0.5, 0.6) is 0 Å². The molecule has 0 aliphatic rings. The van der Waals surface area contributed by atoms with Crippen LogP contribution in [0, 0.1) is 0 Å². The van der Waals surface area contributed by atoms with Crippen molar-refractivity contribution in [1.82, 2.24) is 9.55 Å². The van der Waals surface area contributed by atoms with Crippen molar-refractivity contribution < 1.29 is 0 Å². The molecule has 4 heteroatoms. The largest absolute Gasteiger partial charge is 0.309 e. The van der Waals surface area contributed by atoms with Gasteiger partial charge in [0.25, 0.3) is 0 Å². The van der Waals surface area contributed by atoms with Crippen LogP contribution in [0.25, 0.3) is 80.7 Å². The summed E-state index contributed by atoms with van der Waals surface area (Å²) in [6, 6.07) is 68.3. The lowest BCUT2D eigenvalue weighted by atomic mass is 10.0. The van der Waals surface area contributed by atoms with Crippen molar-refractivity contribution in [1.29, 1.82) is 0 Å². The number of thiophene rings is 1. The first kappa shape index (κ1) is 31.5. The smallest absolute Gasteiger partial charge is 0.0644 e. The van der Waals surface area contributed by atoms with E-state index in [1.54, 1.807) is 0 Å². The number of benzene rings is 8. The Morgan fingerprint density at radius 3 is 1.80 bits per heavy atom. The van der Waals surface area contributed by atoms with Gasteiger partial charge in [0.1, 0.15) is 0 Å². The first-order valence-electron chi connectivity index (χ1n) is 18.6. The van der Waals surface area contributed by atoms with Gasteiger partial charge in [-0.3, -0.25) is 4.98 Å². The van der Waals surface area contributed by atoms with Gasteiger partial charge in [-0.05, 0) is 112 Å². The zero-order chi connectivity index (χ0) is 36.3. The minimum absolute atomic E-state index is 1.01. The molecule has 0 aliphatic heterocycles. The number of anilines is 3. The molecule has 8 aromatic carbocycles. The molecule has 11 aromatic rings. The molecule has 11 rings (SSSR count). The number of fused-ring (bicyclic) bond motifs is 7. The van der Waals surface area contributed by atoms with Crippen LogP contribution in [-0.2, 0) is 0 Å². The minimum Gasteiger partial charge on any atom is -0.309 e. The van der Waals surface area contributed by atoms with E-state index in [4.69, 9.17) is 0 Å². The van der Waals surface area contributed by atoms with Gasteiger partial charge < -0.3 is 9.47 Å². The Kier molecular flexibility index (Phi) is 7.35. The minimum atomic E-state index is 1.01. The van der Waals surface area contributed by atoms with E-state index in [1.807, 2.05) is 29.8 Å². The predicted molar refractivity (Wildman–Crippen MR) is 235 cm³/mol. The molecule has 0 fully saturated rings. The van der Waals surface area contributed by atoms with Gasteiger partial charge in [-0.2, -0.15) is 0 Å². The fourth-order valence-corrected chi connectivity index (χ4v) is 9.27. The van der Waals surface area contributed by atoms with Gasteiger partial charge in [0.05, 0.1) is 22.9 Å². The van der Waals surface area contributed by atoms with Gasteiger partial charge >= 0.3 is 0 Å². The topological polar surface area (TPSA) is 21.1 Å². The highest BCUT2D eigenvalue weighted by molar-refractivity contribution is 7.25. The number of hydrogen-bond donors (Lipinski definition) is 0. The van der Waals surface area contributed by atoms with Crippen LogP contribution in [0.2, 0.25) is 0 Å². The molecular formula is C51H33N3S. The summed E-state index contributed by atoms with van der Waals surface area (Å²) < 4.78 is 5.09. The Bertz CT molecular complexity index is 3180. The Labute approximate surface area is 322 Å². The van der Waals surface area contributed by atoms with E-state index in [1.165, 1.54) is 75.1 Å². The molecule has 0 bridgehead atoms. The fraction of sp³-hybridized carbons (Fsp3) is 0. The van der Waals surface area contributed by atoms with Gasteiger partial charge in [-0.15, -0.1) is 11.3 Å². The Morgan fingerprint density at radius 1 is 0.400 bits per heavy atom. The zero-order valence-corrected chi connectivity index (χ0v) is 30.6. The summed E-state index contributed by atoms with van der Waals surface area (Å²) in [6.07, 6.45) is 3.74. The monoisotopic (exact) mass is 719 g/mol. The number of pyridine rings is 1. The summed E-state index contributed by atoms with van der Waals surface area (Å²) in [5.74, 6) is 0. The maximum atomic E-state index is 4.47. The van der Waals surface area contributed by atoms with Crippen molar-refractivity contribution in [3.8, 4) is 27.9 Å². The highest BCUT2D eigenvalue weighted by Gasteiger charge is 2.17. The normalized spacial score (nSPS) is 11.6. The standard InChI is InChI=1S/C51H33N3S/c1-2-9-34(10-3-1)35-16-21-40(22-17-35)53(43-13-8-28-52-33-43)41-23-18-36(19-24-41)39-20-26-44-46-29-37-11-4-5-12-38(37)30-49(46)54(48(44)31-39)42-25-27-51-47(32-42)45-14-6-7-15-50(45)55-51/h1-33H. The van der Waals surface area contributed by atoms with Gasteiger partial charge in [0.2, 0.25) is 0 Å². The summed E-state index contributed by atoms with van der Waals surface area (Å²) in [5, 5.41) is 7.61. The molecule has 258 valence electrons. The van der Waals surface area contributed by atoms with Gasteiger partial charge in [0.15, 0.2) is 0 Å². The quantitative estimate of drug-likeness (QED) is 0.171. The molecule has 0 saturated carbocycles. The molecule has 3 heterocycles. The number of aromatic nitrogens is 2. The molecule has 0 atom stereocenters. The van der Waals surface area contributed by atoms with Crippen molar-refractivity contribution >= 4 is 81.1 Å². The van der Waals surface area contributed by atoms with E-state index in [9.17, 15) is 0 Å². The second-order valence-corrected chi connectivity index (χ2v) is 15.2. The van der Waals surface area contributed by atoms with Crippen LogP contribution in [0.4, 0.5) is 17.1 Å². The van der Waals surface area contributed by atoms with E-state index in [0.717, 1.165) is 22.6 Å².